The number of carboxylic acid groups (broad SMARTS) is 1. The lowest BCUT2D eigenvalue weighted by Crippen LogP contribution is -2.11. The number of aromatic carboxylic acids is 1. The normalized spacial score (nSPS) is 11.6. The monoisotopic (exact) mass is 326 g/mol. The third-order valence-corrected chi connectivity index (χ3v) is 3.97. The lowest BCUT2D eigenvalue weighted by atomic mass is 9.97. The third-order valence-electron chi connectivity index (χ3n) is 2.65. The van der Waals surface area contributed by atoms with Gasteiger partial charge in [0.2, 0.25) is 5.89 Å². The zero-order chi connectivity index (χ0) is 15.6. The van der Waals surface area contributed by atoms with Gasteiger partial charge in [0.15, 0.2) is 5.82 Å². The molecule has 0 spiro atoms. The molecule has 112 valence electrons. The van der Waals surface area contributed by atoms with Crippen LogP contribution in [0, 0.1) is 0 Å². The van der Waals surface area contributed by atoms with Gasteiger partial charge in [0.1, 0.15) is 0 Å². The summed E-state index contributed by atoms with van der Waals surface area (Å²) in [6.07, 6.45) is 0. The minimum Gasteiger partial charge on any atom is -0.478 e. The fraction of sp³-hybridized carbons (Fsp3) is 0.357. The summed E-state index contributed by atoms with van der Waals surface area (Å²) >= 11 is 7.26. The number of hydrogen-bond acceptors (Lipinski definition) is 5. The molecule has 0 aliphatic carbocycles. The smallest absolute Gasteiger partial charge is 0.337 e. The lowest BCUT2D eigenvalue weighted by molar-refractivity contribution is 0.0697. The number of benzene rings is 1. The van der Waals surface area contributed by atoms with Crippen LogP contribution in [0.5, 0.6) is 0 Å². The fourth-order valence-electron chi connectivity index (χ4n) is 1.52. The molecule has 7 heteroatoms. The van der Waals surface area contributed by atoms with Crippen molar-refractivity contribution in [2.75, 3.05) is 0 Å². The summed E-state index contributed by atoms with van der Waals surface area (Å²) in [6, 6.07) is 4.88. The van der Waals surface area contributed by atoms with Gasteiger partial charge in [-0.2, -0.15) is 4.98 Å². The van der Waals surface area contributed by atoms with E-state index in [0.29, 0.717) is 17.5 Å². The summed E-state index contributed by atoms with van der Waals surface area (Å²) in [4.78, 5) is 16.1. The maximum atomic E-state index is 11.0. The highest BCUT2D eigenvalue weighted by Gasteiger charge is 2.21. The molecule has 1 aromatic heterocycles. The Kier molecular flexibility index (Phi) is 4.58. The second-order valence-electron chi connectivity index (χ2n) is 5.50. The van der Waals surface area contributed by atoms with Gasteiger partial charge in [0.05, 0.1) is 16.3 Å². The van der Waals surface area contributed by atoms with Crippen LogP contribution in [-0.4, -0.2) is 21.2 Å². The van der Waals surface area contributed by atoms with Crippen LogP contribution in [0.2, 0.25) is 5.02 Å². The number of aromatic nitrogens is 2. The van der Waals surface area contributed by atoms with Gasteiger partial charge >= 0.3 is 5.97 Å². The Bertz CT molecular complexity index is 664. The first kappa shape index (κ1) is 15.9. The number of nitrogens with zero attached hydrogens (tertiary/aromatic N) is 2. The highest BCUT2D eigenvalue weighted by atomic mass is 35.5. The van der Waals surface area contributed by atoms with Crippen LogP contribution in [0.15, 0.2) is 27.6 Å². The predicted octanol–water partition coefficient (Wildman–Crippen LogP) is 4.01. The number of rotatable bonds is 4. The van der Waals surface area contributed by atoms with Crippen LogP contribution in [0.3, 0.4) is 0 Å². The molecular weight excluding hydrogens is 312 g/mol. The Morgan fingerprint density at radius 1 is 1.43 bits per heavy atom. The summed E-state index contributed by atoms with van der Waals surface area (Å²) in [5, 5.41) is 13.2. The molecule has 0 atom stereocenters. The number of thioether (sulfide) groups is 1. The Labute approximate surface area is 131 Å². The van der Waals surface area contributed by atoms with E-state index in [4.69, 9.17) is 21.2 Å². The molecule has 5 nitrogen and oxygen atoms in total. The molecule has 0 amide bonds. The number of hydrogen-bond donors (Lipinski definition) is 1. The molecule has 1 N–H and O–H groups in total. The Morgan fingerprint density at radius 3 is 2.71 bits per heavy atom. The van der Waals surface area contributed by atoms with Crippen molar-refractivity contribution in [1.29, 1.82) is 0 Å². The van der Waals surface area contributed by atoms with Crippen molar-refractivity contribution in [2.24, 2.45) is 0 Å². The van der Waals surface area contributed by atoms with Crippen molar-refractivity contribution < 1.29 is 14.4 Å². The highest BCUT2D eigenvalue weighted by molar-refractivity contribution is 7.98. The Morgan fingerprint density at radius 2 is 2.14 bits per heavy atom. The largest absolute Gasteiger partial charge is 0.478 e. The standard InChI is InChI=1S/C14H15ClN2O3S/c1-14(2,3)13-16-11(17-20-13)7-21-8-4-5-10(15)9(6-8)12(18)19/h4-6H,7H2,1-3H3,(H,18,19). The van der Waals surface area contributed by atoms with E-state index in [9.17, 15) is 4.79 Å². The van der Waals surface area contributed by atoms with E-state index < -0.39 is 5.97 Å². The van der Waals surface area contributed by atoms with E-state index >= 15 is 0 Å². The van der Waals surface area contributed by atoms with Gasteiger partial charge in [-0.1, -0.05) is 37.5 Å². The van der Waals surface area contributed by atoms with E-state index in [1.54, 1.807) is 18.2 Å². The second kappa shape index (κ2) is 6.07. The van der Waals surface area contributed by atoms with Gasteiger partial charge in [-0.25, -0.2) is 4.79 Å². The molecule has 0 saturated carbocycles. The number of halogens is 1. The molecule has 0 saturated heterocycles. The van der Waals surface area contributed by atoms with Gasteiger partial charge in [0, 0.05) is 10.3 Å². The van der Waals surface area contributed by atoms with Gasteiger partial charge in [0.25, 0.3) is 0 Å². The number of carboxylic acids is 1. The summed E-state index contributed by atoms with van der Waals surface area (Å²) in [5.41, 5.74) is -0.0997. The summed E-state index contributed by atoms with van der Waals surface area (Å²) < 4.78 is 5.21. The van der Waals surface area contributed by atoms with Crippen molar-refractivity contribution in [2.45, 2.75) is 36.8 Å². The quantitative estimate of drug-likeness (QED) is 0.855. The average molecular weight is 327 g/mol. The molecule has 0 fully saturated rings. The molecule has 0 aliphatic heterocycles. The maximum Gasteiger partial charge on any atom is 0.337 e. The Balaban J connectivity index is 2.08. The van der Waals surface area contributed by atoms with Crippen molar-refractivity contribution >= 4 is 29.3 Å². The summed E-state index contributed by atoms with van der Waals surface area (Å²) in [6.45, 7) is 5.99. The number of carbonyl (C=O) groups is 1. The van der Waals surface area contributed by atoms with Crippen LogP contribution in [0.4, 0.5) is 0 Å². The molecule has 0 radical (unpaired) electrons. The van der Waals surface area contributed by atoms with Gasteiger partial charge in [-0.05, 0) is 18.2 Å². The predicted molar refractivity (Wildman–Crippen MR) is 81.0 cm³/mol. The van der Waals surface area contributed by atoms with Crippen molar-refractivity contribution in [3.8, 4) is 0 Å². The first-order valence-electron chi connectivity index (χ1n) is 6.26. The molecule has 0 unspecified atom stereocenters. The minimum atomic E-state index is -1.04. The van der Waals surface area contributed by atoms with Crippen molar-refractivity contribution in [1.82, 2.24) is 10.1 Å². The topological polar surface area (TPSA) is 76.2 Å². The van der Waals surface area contributed by atoms with Crippen molar-refractivity contribution in [3.63, 3.8) is 0 Å². The molecule has 2 aromatic rings. The maximum absolute atomic E-state index is 11.0. The lowest BCUT2D eigenvalue weighted by Gasteiger charge is -2.10. The van der Waals surface area contributed by atoms with E-state index in [1.165, 1.54) is 11.8 Å². The first-order valence-corrected chi connectivity index (χ1v) is 7.62. The fourth-order valence-corrected chi connectivity index (χ4v) is 2.50. The third kappa shape index (κ3) is 3.98. The van der Waals surface area contributed by atoms with Crippen LogP contribution in [0.25, 0.3) is 0 Å². The summed E-state index contributed by atoms with van der Waals surface area (Å²) in [5.74, 6) is 0.620. The van der Waals surface area contributed by atoms with Crippen LogP contribution in [0.1, 0.15) is 42.8 Å². The molecule has 1 heterocycles. The zero-order valence-corrected chi connectivity index (χ0v) is 13.5. The minimum absolute atomic E-state index is 0.0881. The SMILES string of the molecule is CC(C)(C)c1nc(CSc2ccc(Cl)c(C(=O)O)c2)no1. The van der Waals surface area contributed by atoms with E-state index in [1.807, 2.05) is 20.8 Å². The van der Waals surface area contributed by atoms with Gasteiger partial charge < -0.3 is 9.63 Å². The molecule has 2 rings (SSSR count). The van der Waals surface area contributed by atoms with Crippen LogP contribution in [-0.2, 0) is 11.2 Å². The van der Waals surface area contributed by atoms with E-state index in [-0.39, 0.29) is 16.0 Å². The molecular formula is C14H15ClN2O3S. The van der Waals surface area contributed by atoms with Crippen LogP contribution >= 0.6 is 23.4 Å². The van der Waals surface area contributed by atoms with Gasteiger partial charge in [-0.15, -0.1) is 11.8 Å². The Hall–Kier alpha value is -1.53. The van der Waals surface area contributed by atoms with E-state index in [2.05, 4.69) is 10.1 Å². The van der Waals surface area contributed by atoms with Gasteiger partial charge in [-0.3, -0.25) is 0 Å². The molecule has 1 aromatic carbocycles. The van der Waals surface area contributed by atoms with Crippen LogP contribution < -0.4 is 0 Å². The average Bonchev–Trinajstić information content (AvgIpc) is 2.86. The summed E-state index contributed by atoms with van der Waals surface area (Å²) in [7, 11) is 0. The zero-order valence-electron chi connectivity index (χ0n) is 11.9. The molecule has 0 bridgehead atoms. The molecule has 0 aliphatic rings. The first-order chi connectivity index (χ1) is 9.77. The highest BCUT2D eigenvalue weighted by Crippen LogP contribution is 2.27. The van der Waals surface area contributed by atoms with E-state index in [0.717, 1.165) is 4.90 Å². The van der Waals surface area contributed by atoms with Crippen molar-refractivity contribution in [3.05, 3.63) is 40.5 Å². The molecule has 21 heavy (non-hydrogen) atoms. The second-order valence-corrected chi connectivity index (χ2v) is 6.96.